The van der Waals surface area contributed by atoms with Gasteiger partial charge in [-0.2, -0.15) is 0 Å². The number of benzene rings is 1. The minimum atomic E-state index is 0.317. The lowest BCUT2D eigenvalue weighted by atomic mass is 10.0. The summed E-state index contributed by atoms with van der Waals surface area (Å²) in [6.45, 7) is 9.17. The van der Waals surface area contributed by atoms with Crippen LogP contribution in [0.3, 0.4) is 0 Å². The van der Waals surface area contributed by atoms with Gasteiger partial charge in [-0.1, -0.05) is 57.9 Å². The number of unbranched alkanes of at least 4 members (excludes halogenated alkanes) is 2. The van der Waals surface area contributed by atoms with Crippen LogP contribution in [0.15, 0.2) is 24.3 Å². The largest absolute Gasteiger partial charge is 0.379 e. The van der Waals surface area contributed by atoms with Gasteiger partial charge in [-0.25, -0.2) is 0 Å². The predicted octanol–water partition coefficient (Wildman–Crippen LogP) is 4.11. The third-order valence-electron chi connectivity index (χ3n) is 3.42. The maximum absolute atomic E-state index is 5.80. The Hall–Kier alpha value is -0.860. The fourth-order valence-corrected chi connectivity index (χ4v) is 2.16. The van der Waals surface area contributed by atoms with Gasteiger partial charge in [0.25, 0.3) is 0 Å². The lowest BCUT2D eigenvalue weighted by molar-refractivity contribution is 0.108. The zero-order chi connectivity index (χ0) is 13.9. The van der Waals surface area contributed by atoms with E-state index in [2.05, 4.69) is 50.4 Å². The molecular formula is C17H29NO. The molecule has 108 valence electrons. The highest BCUT2D eigenvalue weighted by molar-refractivity contribution is 5.25. The van der Waals surface area contributed by atoms with Gasteiger partial charge >= 0.3 is 0 Å². The van der Waals surface area contributed by atoms with Gasteiger partial charge in [0, 0.05) is 6.61 Å². The second-order valence-electron chi connectivity index (χ2n) is 4.99. The fourth-order valence-electron chi connectivity index (χ4n) is 2.16. The first-order chi connectivity index (χ1) is 9.31. The lowest BCUT2D eigenvalue weighted by Gasteiger charge is -2.19. The van der Waals surface area contributed by atoms with E-state index in [4.69, 9.17) is 4.74 Å². The third kappa shape index (κ3) is 6.22. The Labute approximate surface area is 118 Å². The number of rotatable bonds is 10. The van der Waals surface area contributed by atoms with E-state index in [-0.39, 0.29) is 0 Å². The highest BCUT2D eigenvalue weighted by atomic mass is 16.5. The lowest BCUT2D eigenvalue weighted by Crippen LogP contribution is -2.25. The molecule has 1 rings (SSSR count). The number of likely N-dealkylation sites (N-methyl/N-ethyl adjacent to an activating group) is 1. The number of aryl methyl sites for hydroxylation is 1. The average Bonchev–Trinajstić information content (AvgIpc) is 2.46. The van der Waals surface area contributed by atoms with Gasteiger partial charge in [0.1, 0.15) is 0 Å². The van der Waals surface area contributed by atoms with E-state index in [1.807, 2.05) is 0 Å². The maximum atomic E-state index is 5.80. The molecule has 1 aromatic rings. The SMILES string of the molecule is CCCCCOCC(NCC)c1ccc(CC)cc1. The maximum Gasteiger partial charge on any atom is 0.0661 e. The number of hydrogen-bond acceptors (Lipinski definition) is 2. The molecule has 0 aromatic heterocycles. The summed E-state index contributed by atoms with van der Waals surface area (Å²) >= 11 is 0. The molecule has 0 bridgehead atoms. The van der Waals surface area contributed by atoms with Crippen LogP contribution in [0.4, 0.5) is 0 Å². The molecule has 1 unspecified atom stereocenters. The van der Waals surface area contributed by atoms with Gasteiger partial charge < -0.3 is 10.1 Å². The summed E-state index contributed by atoms with van der Waals surface area (Å²) in [7, 11) is 0. The molecule has 1 N–H and O–H groups in total. The fraction of sp³-hybridized carbons (Fsp3) is 0.647. The first-order valence-electron chi connectivity index (χ1n) is 7.71. The molecule has 0 aliphatic rings. The van der Waals surface area contributed by atoms with Crippen LogP contribution in [0, 0.1) is 0 Å². The van der Waals surface area contributed by atoms with E-state index in [1.54, 1.807) is 0 Å². The molecule has 2 nitrogen and oxygen atoms in total. The normalized spacial score (nSPS) is 12.6. The summed E-state index contributed by atoms with van der Waals surface area (Å²) in [6.07, 6.45) is 4.78. The third-order valence-corrected chi connectivity index (χ3v) is 3.42. The van der Waals surface area contributed by atoms with Crippen molar-refractivity contribution in [2.45, 2.75) is 52.5 Å². The molecule has 0 aliphatic heterocycles. The van der Waals surface area contributed by atoms with E-state index in [1.165, 1.54) is 30.4 Å². The molecule has 1 aromatic carbocycles. The van der Waals surface area contributed by atoms with Crippen molar-refractivity contribution in [1.29, 1.82) is 0 Å². The highest BCUT2D eigenvalue weighted by Gasteiger charge is 2.10. The zero-order valence-electron chi connectivity index (χ0n) is 12.7. The second kappa shape index (κ2) is 9.99. The summed E-state index contributed by atoms with van der Waals surface area (Å²) in [5.74, 6) is 0. The minimum Gasteiger partial charge on any atom is -0.379 e. The Morgan fingerprint density at radius 1 is 1.05 bits per heavy atom. The van der Waals surface area contributed by atoms with E-state index in [0.29, 0.717) is 6.04 Å². The molecule has 19 heavy (non-hydrogen) atoms. The number of nitrogens with one attached hydrogen (secondary N) is 1. The molecule has 0 saturated carbocycles. The second-order valence-corrected chi connectivity index (χ2v) is 4.99. The molecule has 2 heteroatoms. The Morgan fingerprint density at radius 3 is 2.37 bits per heavy atom. The Balaban J connectivity index is 2.45. The van der Waals surface area contributed by atoms with E-state index in [9.17, 15) is 0 Å². The van der Waals surface area contributed by atoms with Crippen molar-refractivity contribution in [3.63, 3.8) is 0 Å². The predicted molar refractivity (Wildman–Crippen MR) is 82.6 cm³/mol. The van der Waals surface area contributed by atoms with Gasteiger partial charge in [0.05, 0.1) is 12.6 Å². The van der Waals surface area contributed by atoms with Crippen molar-refractivity contribution < 1.29 is 4.74 Å². The Morgan fingerprint density at radius 2 is 1.79 bits per heavy atom. The van der Waals surface area contributed by atoms with Crippen LogP contribution < -0.4 is 5.32 Å². The van der Waals surface area contributed by atoms with Crippen molar-refractivity contribution in [2.75, 3.05) is 19.8 Å². The van der Waals surface area contributed by atoms with Crippen molar-refractivity contribution in [2.24, 2.45) is 0 Å². The van der Waals surface area contributed by atoms with Crippen molar-refractivity contribution in [1.82, 2.24) is 5.32 Å². The minimum absolute atomic E-state index is 0.317. The molecule has 0 aliphatic carbocycles. The Kier molecular flexibility index (Phi) is 8.52. The van der Waals surface area contributed by atoms with Crippen LogP contribution in [0.5, 0.6) is 0 Å². The van der Waals surface area contributed by atoms with Gasteiger partial charge in [-0.15, -0.1) is 0 Å². The topological polar surface area (TPSA) is 21.3 Å². The van der Waals surface area contributed by atoms with E-state index in [0.717, 1.165) is 26.2 Å². The van der Waals surface area contributed by atoms with Crippen LogP contribution in [-0.4, -0.2) is 19.8 Å². The molecule has 1 atom stereocenters. The number of hydrogen-bond donors (Lipinski definition) is 1. The molecule has 0 saturated heterocycles. The standard InChI is InChI=1S/C17H29NO/c1-4-7-8-13-19-14-17(18-6-3)16-11-9-15(5-2)10-12-16/h9-12,17-18H,4-8,13-14H2,1-3H3. The average molecular weight is 263 g/mol. The summed E-state index contributed by atoms with van der Waals surface area (Å²) in [6, 6.07) is 9.20. The van der Waals surface area contributed by atoms with Gasteiger partial charge in [0.2, 0.25) is 0 Å². The number of ether oxygens (including phenoxy) is 1. The monoisotopic (exact) mass is 263 g/mol. The zero-order valence-corrected chi connectivity index (χ0v) is 12.7. The molecule has 0 spiro atoms. The molecule has 0 fully saturated rings. The van der Waals surface area contributed by atoms with Crippen LogP contribution in [0.1, 0.15) is 57.2 Å². The van der Waals surface area contributed by atoms with Crippen LogP contribution in [0.25, 0.3) is 0 Å². The van der Waals surface area contributed by atoms with E-state index >= 15 is 0 Å². The summed E-state index contributed by atoms with van der Waals surface area (Å²) in [5.41, 5.74) is 2.72. The van der Waals surface area contributed by atoms with Gasteiger partial charge in [0.15, 0.2) is 0 Å². The van der Waals surface area contributed by atoms with E-state index < -0.39 is 0 Å². The van der Waals surface area contributed by atoms with Crippen LogP contribution in [0.2, 0.25) is 0 Å². The summed E-state index contributed by atoms with van der Waals surface area (Å²) in [4.78, 5) is 0. The van der Waals surface area contributed by atoms with Gasteiger partial charge in [-0.05, 0) is 30.5 Å². The summed E-state index contributed by atoms with van der Waals surface area (Å²) < 4.78 is 5.80. The molecule has 0 heterocycles. The molecule has 0 radical (unpaired) electrons. The van der Waals surface area contributed by atoms with Crippen molar-refractivity contribution in [3.05, 3.63) is 35.4 Å². The van der Waals surface area contributed by atoms with Crippen molar-refractivity contribution in [3.8, 4) is 0 Å². The quantitative estimate of drug-likeness (QED) is 0.642. The Bertz CT molecular complexity index is 321. The highest BCUT2D eigenvalue weighted by Crippen LogP contribution is 2.15. The first kappa shape index (κ1) is 16.2. The van der Waals surface area contributed by atoms with Crippen LogP contribution >= 0.6 is 0 Å². The smallest absolute Gasteiger partial charge is 0.0661 e. The molecule has 0 amide bonds. The van der Waals surface area contributed by atoms with Gasteiger partial charge in [-0.3, -0.25) is 0 Å². The summed E-state index contributed by atoms with van der Waals surface area (Å²) in [5, 5.41) is 3.50. The molecular weight excluding hydrogens is 234 g/mol. The van der Waals surface area contributed by atoms with Crippen molar-refractivity contribution >= 4 is 0 Å². The first-order valence-corrected chi connectivity index (χ1v) is 7.71. The van der Waals surface area contributed by atoms with Crippen LogP contribution in [-0.2, 0) is 11.2 Å².